The Balaban J connectivity index is 2.53. The first-order valence-electron chi connectivity index (χ1n) is 4.47. The number of nitrogens with one attached hydrogen (secondary N) is 2. The zero-order valence-corrected chi connectivity index (χ0v) is 8.20. The maximum absolute atomic E-state index is 11.7. The molecule has 0 saturated heterocycles. The molecule has 0 aliphatic rings. The first-order valence-corrected chi connectivity index (χ1v) is 4.47. The van der Waals surface area contributed by atoms with Crippen molar-refractivity contribution in [2.24, 2.45) is 0 Å². The van der Waals surface area contributed by atoms with Crippen LogP contribution in [-0.2, 0) is 4.74 Å². The van der Waals surface area contributed by atoms with Crippen LogP contribution in [-0.4, -0.2) is 23.8 Å². The normalized spacial score (nSPS) is 10.2. The molecular formula is C11H10N2O2. The van der Waals surface area contributed by atoms with Crippen LogP contribution in [0.5, 0.6) is 0 Å². The van der Waals surface area contributed by atoms with Gasteiger partial charge in [0.1, 0.15) is 0 Å². The highest BCUT2D eigenvalue weighted by atomic mass is 16.5. The Labute approximate surface area is 86.4 Å². The Morgan fingerprint density at radius 2 is 2.13 bits per heavy atom. The average molecular weight is 202 g/mol. The summed E-state index contributed by atoms with van der Waals surface area (Å²) in [5, 5.41) is 8.12. The molecule has 2 rings (SSSR count). The van der Waals surface area contributed by atoms with E-state index in [9.17, 15) is 4.79 Å². The van der Waals surface area contributed by atoms with Gasteiger partial charge < -0.3 is 9.72 Å². The predicted molar refractivity (Wildman–Crippen MR) is 57.4 cm³/mol. The Morgan fingerprint density at radius 1 is 1.40 bits per heavy atom. The Kier molecular flexibility index (Phi) is 2.25. The van der Waals surface area contributed by atoms with Gasteiger partial charge in [-0.3, -0.25) is 10.2 Å². The molecule has 1 aromatic heterocycles. The molecule has 2 aromatic rings. The van der Waals surface area contributed by atoms with Crippen molar-refractivity contribution < 1.29 is 9.53 Å². The van der Waals surface area contributed by atoms with E-state index >= 15 is 0 Å². The zero-order chi connectivity index (χ0) is 10.8. The summed E-state index contributed by atoms with van der Waals surface area (Å²) in [6, 6.07) is 7.45. The van der Waals surface area contributed by atoms with Crippen molar-refractivity contribution in [3.63, 3.8) is 0 Å². The van der Waals surface area contributed by atoms with E-state index in [4.69, 9.17) is 5.41 Å². The number of carbonyl (C=O) groups excluding carboxylic acids is 1. The third-order valence-electron chi connectivity index (χ3n) is 2.24. The van der Waals surface area contributed by atoms with Crippen molar-refractivity contribution in [1.29, 1.82) is 5.41 Å². The third-order valence-corrected chi connectivity index (χ3v) is 2.24. The molecule has 76 valence electrons. The van der Waals surface area contributed by atoms with Crippen LogP contribution >= 0.6 is 0 Å². The molecule has 0 spiro atoms. The van der Waals surface area contributed by atoms with E-state index in [-0.39, 0.29) is 5.90 Å². The van der Waals surface area contributed by atoms with Gasteiger partial charge in [-0.2, -0.15) is 0 Å². The van der Waals surface area contributed by atoms with E-state index in [1.54, 1.807) is 6.20 Å². The number of methoxy groups -OCH3 is 1. The van der Waals surface area contributed by atoms with Gasteiger partial charge in [-0.15, -0.1) is 0 Å². The lowest BCUT2D eigenvalue weighted by molar-refractivity contribution is 0.103. The van der Waals surface area contributed by atoms with E-state index in [1.807, 2.05) is 24.3 Å². The minimum atomic E-state index is -0.407. The van der Waals surface area contributed by atoms with Crippen LogP contribution in [0, 0.1) is 5.41 Å². The van der Waals surface area contributed by atoms with Crippen molar-refractivity contribution in [1.82, 2.24) is 4.98 Å². The number of benzene rings is 1. The molecule has 1 heterocycles. The van der Waals surface area contributed by atoms with Crippen molar-refractivity contribution >= 4 is 22.6 Å². The SMILES string of the molecule is COC(=N)C(=O)c1c[nH]c2ccccc12. The summed E-state index contributed by atoms with van der Waals surface area (Å²) < 4.78 is 4.60. The van der Waals surface area contributed by atoms with Gasteiger partial charge in [0.15, 0.2) is 0 Å². The second kappa shape index (κ2) is 3.57. The van der Waals surface area contributed by atoms with Crippen molar-refractivity contribution in [2.45, 2.75) is 0 Å². The number of fused-ring (bicyclic) bond motifs is 1. The summed E-state index contributed by atoms with van der Waals surface area (Å²) in [5.41, 5.74) is 1.35. The number of carbonyl (C=O) groups is 1. The van der Waals surface area contributed by atoms with Gasteiger partial charge in [0.05, 0.1) is 12.7 Å². The summed E-state index contributed by atoms with van der Waals surface area (Å²) in [7, 11) is 1.31. The molecule has 15 heavy (non-hydrogen) atoms. The average Bonchev–Trinajstić information content (AvgIpc) is 2.70. The molecule has 2 N–H and O–H groups in total. The van der Waals surface area contributed by atoms with Crippen LogP contribution in [0.25, 0.3) is 10.9 Å². The first-order chi connectivity index (χ1) is 7.24. The topological polar surface area (TPSA) is 65.9 Å². The van der Waals surface area contributed by atoms with Crippen LogP contribution in [0.3, 0.4) is 0 Å². The van der Waals surface area contributed by atoms with Gasteiger partial charge in [0.2, 0.25) is 5.78 Å². The number of para-hydroxylation sites is 1. The number of H-pyrrole nitrogens is 1. The standard InChI is InChI=1S/C11H10N2O2/c1-15-11(12)10(14)8-6-13-9-5-3-2-4-7(8)9/h2-6,12-13H,1H3. The molecule has 0 fully saturated rings. The minimum Gasteiger partial charge on any atom is -0.479 e. The molecule has 4 heteroatoms. The smallest absolute Gasteiger partial charge is 0.255 e. The highest BCUT2D eigenvalue weighted by Gasteiger charge is 2.16. The van der Waals surface area contributed by atoms with E-state index in [0.29, 0.717) is 5.56 Å². The lowest BCUT2D eigenvalue weighted by atomic mass is 10.1. The van der Waals surface area contributed by atoms with Gasteiger partial charge in [-0.05, 0) is 6.07 Å². The molecular weight excluding hydrogens is 192 g/mol. The van der Waals surface area contributed by atoms with Gasteiger partial charge in [0.25, 0.3) is 5.90 Å². The molecule has 0 unspecified atom stereocenters. The van der Waals surface area contributed by atoms with Crippen LogP contribution in [0.2, 0.25) is 0 Å². The predicted octanol–water partition coefficient (Wildman–Crippen LogP) is 1.97. The quantitative estimate of drug-likeness (QED) is 0.444. The maximum atomic E-state index is 11.7. The van der Waals surface area contributed by atoms with E-state index in [2.05, 4.69) is 9.72 Å². The van der Waals surface area contributed by atoms with Crippen molar-refractivity contribution in [3.05, 3.63) is 36.0 Å². The number of rotatable bonds is 2. The molecule has 4 nitrogen and oxygen atoms in total. The number of ketones is 1. The number of ether oxygens (including phenoxy) is 1. The van der Waals surface area contributed by atoms with E-state index in [1.165, 1.54) is 7.11 Å². The van der Waals surface area contributed by atoms with Gasteiger partial charge in [0, 0.05) is 17.1 Å². The first kappa shape index (κ1) is 9.45. The molecule has 0 bridgehead atoms. The molecule has 0 atom stereocenters. The number of aromatic amines is 1. The molecule has 0 saturated carbocycles. The zero-order valence-electron chi connectivity index (χ0n) is 8.20. The fourth-order valence-electron chi connectivity index (χ4n) is 1.47. The lowest BCUT2D eigenvalue weighted by Crippen LogP contribution is -2.14. The summed E-state index contributed by atoms with van der Waals surface area (Å²) in [5.74, 6) is -0.755. The molecule has 0 aliphatic carbocycles. The highest BCUT2D eigenvalue weighted by molar-refractivity contribution is 6.44. The number of Topliss-reactive ketones (excluding diaryl/α,β-unsaturated/α-hetero) is 1. The van der Waals surface area contributed by atoms with E-state index < -0.39 is 5.78 Å². The molecule has 0 radical (unpaired) electrons. The maximum Gasteiger partial charge on any atom is 0.255 e. The fraction of sp³-hybridized carbons (Fsp3) is 0.0909. The Bertz CT molecular complexity index is 528. The molecule has 0 aliphatic heterocycles. The highest BCUT2D eigenvalue weighted by Crippen LogP contribution is 2.18. The minimum absolute atomic E-state index is 0.347. The lowest BCUT2D eigenvalue weighted by Gasteiger charge is -1.99. The van der Waals surface area contributed by atoms with E-state index in [0.717, 1.165) is 10.9 Å². The van der Waals surface area contributed by atoms with Crippen LogP contribution in [0.15, 0.2) is 30.5 Å². The number of hydrogen-bond donors (Lipinski definition) is 2. The second-order valence-electron chi connectivity index (χ2n) is 3.11. The van der Waals surface area contributed by atoms with Crippen LogP contribution in [0.1, 0.15) is 10.4 Å². The largest absolute Gasteiger partial charge is 0.479 e. The summed E-state index contributed by atoms with van der Waals surface area (Å²) in [6.07, 6.45) is 1.60. The second-order valence-corrected chi connectivity index (χ2v) is 3.11. The molecule has 1 aromatic carbocycles. The summed E-state index contributed by atoms with van der Waals surface area (Å²) in [6.45, 7) is 0. The van der Waals surface area contributed by atoms with Gasteiger partial charge in [-0.1, -0.05) is 18.2 Å². The number of hydrogen-bond acceptors (Lipinski definition) is 3. The monoisotopic (exact) mass is 202 g/mol. The summed E-state index contributed by atoms with van der Waals surface area (Å²) >= 11 is 0. The fourth-order valence-corrected chi connectivity index (χ4v) is 1.47. The Morgan fingerprint density at radius 3 is 2.87 bits per heavy atom. The van der Waals surface area contributed by atoms with Gasteiger partial charge in [-0.25, -0.2) is 0 Å². The summed E-state index contributed by atoms with van der Waals surface area (Å²) in [4.78, 5) is 14.7. The van der Waals surface area contributed by atoms with Crippen LogP contribution < -0.4 is 0 Å². The van der Waals surface area contributed by atoms with Crippen molar-refractivity contribution in [2.75, 3.05) is 7.11 Å². The van der Waals surface area contributed by atoms with Crippen LogP contribution in [0.4, 0.5) is 0 Å². The molecule has 0 amide bonds. The Hall–Kier alpha value is -2.10. The number of aromatic nitrogens is 1. The third kappa shape index (κ3) is 1.50. The van der Waals surface area contributed by atoms with Gasteiger partial charge >= 0.3 is 0 Å². The van der Waals surface area contributed by atoms with Crippen molar-refractivity contribution in [3.8, 4) is 0 Å².